The number of aromatic nitrogens is 2. The lowest BCUT2D eigenvalue weighted by Crippen LogP contribution is -2.09. The summed E-state index contributed by atoms with van der Waals surface area (Å²) in [6, 6.07) is 26.2. The summed E-state index contributed by atoms with van der Waals surface area (Å²) in [6.07, 6.45) is 6.28. The first-order chi connectivity index (χ1) is 15.9. The number of anilines is 1. The zero-order valence-corrected chi connectivity index (χ0v) is 18.9. The summed E-state index contributed by atoms with van der Waals surface area (Å²) < 4.78 is 26.9. The molecule has 0 spiro atoms. The lowest BCUT2D eigenvalue weighted by atomic mass is 10.1. The van der Waals surface area contributed by atoms with Crippen molar-refractivity contribution in [2.45, 2.75) is 6.54 Å². The molecule has 3 aromatic carbocycles. The van der Waals surface area contributed by atoms with Crippen LogP contribution in [0.3, 0.4) is 0 Å². The molecule has 0 unspecified atom stereocenters. The number of rotatable bonds is 8. The number of carbonyl (C=O) groups is 1. The van der Waals surface area contributed by atoms with Crippen molar-refractivity contribution in [2.24, 2.45) is 0 Å². The topological polar surface area (TPSA) is 81.1 Å². The quantitative estimate of drug-likeness (QED) is 0.302. The summed E-state index contributed by atoms with van der Waals surface area (Å²) in [6.45, 7) is 0.622. The second kappa shape index (κ2) is 9.67. The molecule has 0 bridgehead atoms. The summed E-state index contributed by atoms with van der Waals surface area (Å²) in [5.74, 6) is -0.185. The Bertz CT molecular complexity index is 1380. The third-order valence-corrected chi connectivity index (χ3v) is 5.52. The highest BCUT2D eigenvalue weighted by Crippen LogP contribution is 2.24. The molecule has 1 aromatic heterocycles. The summed E-state index contributed by atoms with van der Waals surface area (Å²) >= 11 is 0. The van der Waals surface area contributed by atoms with Crippen LogP contribution in [-0.4, -0.2) is 30.2 Å². The second-order valence-corrected chi connectivity index (χ2v) is 9.38. The maximum atomic E-state index is 12.7. The maximum Gasteiger partial charge on any atom is 0.229 e. The summed E-state index contributed by atoms with van der Waals surface area (Å²) in [5.41, 5.74) is 4.60. The molecule has 0 atom stereocenters. The SMILES string of the molecule is CS(=O)(=O)Nc1ccc(C(=O)C=Cc2cn(Cc3ccccc3)nc2-c2ccccc2)cc1. The molecule has 0 aliphatic carbocycles. The van der Waals surface area contributed by atoms with Crippen molar-refractivity contribution in [3.63, 3.8) is 0 Å². The Morgan fingerprint density at radius 1 is 0.939 bits per heavy atom. The van der Waals surface area contributed by atoms with Crippen LogP contribution in [0.1, 0.15) is 21.5 Å². The van der Waals surface area contributed by atoms with Crippen molar-refractivity contribution < 1.29 is 13.2 Å². The van der Waals surface area contributed by atoms with Crippen LogP contribution in [0.25, 0.3) is 17.3 Å². The van der Waals surface area contributed by atoms with E-state index in [1.807, 2.05) is 71.5 Å². The first-order valence-corrected chi connectivity index (χ1v) is 12.2. The third-order valence-electron chi connectivity index (χ3n) is 4.91. The molecule has 1 N–H and O–H groups in total. The average molecular weight is 458 g/mol. The van der Waals surface area contributed by atoms with Crippen LogP contribution in [-0.2, 0) is 16.6 Å². The Hall–Kier alpha value is -3.97. The van der Waals surface area contributed by atoms with Gasteiger partial charge in [0.1, 0.15) is 0 Å². The Labute approximate surface area is 193 Å². The molecule has 1 heterocycles. The van der Waals surface area contributed by atoms with Crippen LogP contribution >= 0.6 is 0 Å². The van der Waals surface area contributed by atoms with Gasteiger partial charge in [0, 0.05) is 28.6 Å². The number of carbonyl (C=O) groups excluding carboxylic acids is 1. The molecule has 7 heteroatoms. The third kappa shape index (κ3) is 6.05. The maximum absolute atomic E-state index is 12.7. The summed E-state index contributed by atoms with van der Waals surface area (Å²) in [7, 11) is -3.37. The van der Waals surface area contributed by atoms with Gasteiger partial charge in [-0.25, -0.2) is 8.42 Å². The van der Waals surface area contributed by atoms with Crippen molar-refractivity contribution in [3.05, 3.63) is 114 Å². The number of allylic oxidation sites excluding steroid dienone is 1. The van der Waals surface area contributed by atoms with Crippen LogP contribution in [0.4, 0.5) is 5.69 Å². The van der Waals surface area contributed by atoms with E-state index in [-0.39, 0.29) is 5.78 Å². The van der Waals surface area contributed by atoms with Crippen LogP contribution in [0.5, 0.6) is 0 Å². The number of hydrogen-bond acceptors (Lipinski definition) is 4. The zero-order valence-electron chi connectivity index (χ0n) is 18.0. The number of hydrogen-bond donors (Lipinski definition) is 1. The van der Waals surface area contributed by atoms with E-state index in [0.29, 0.717) is 17.8 Å². The van der Waals surface area contributed by atoms with E-state index in [0.717, 1.165) is 28.6 Å². The van der Waals surface area contributed by atoms with Gasteiger partial charge in [-0.15, -0.1) is 0 Å². The van der Waals surface area contributed by atoms with Crippen LogP contribution in [0.15, 0.2) is 97.2 Å². The van der Waals surface area contributed by atoms with Gasteiger partial charge in [0.25, 0.3) is 0 Å². The van der Waals surface area contributed by atoms with E-state index in [1.165, 1.54) is 6.08 Å². The number of nitrogens with zero attached hydrogens (tertiary/aromatic N) is 2. The molecule has 0 aliphatic rings. The predicted molar refractivity (Wildman–Crippen MR) is 131 cm³/mol. The van der Waals surface area contributed by atoms with Gasteiger partial charge in [0.2, 0.25) is 10.0 Å². The van der Waals surface area contributed by atoms with Gasteiger partial charge >= 0.3 is 0 Å². The predicted octanol–water partition coefficient (Wildman–Crippen LogP) is 4.87. The molecule has 0 fully saturated rings. The minimum Gasteiger partial charge on any atom is -0.289 e. The van der Waals surface area contributed by atoms with Gasteiger partial charge in [-0.05, 0) is 42.0 Å². The molecule has 0 amide bonds. The highest BCUT2D eigenvalue weighted by atomic mass is 32.2. The normalized spacial score (nSPS) is 11.5. The molecule has 4 aromatic rings. The minimum absolute atomic E-state index is 0.185. The van der Waals surface area contributed by atoms with Gasteiger partial charge < -0.3 is 0 Å². The Kier molecular flexibility index (Phi) is 6.51. The van der Waals surface area contributed by atoms with Crippen molar-refractivity contribution in [2.75, 3.05) is 11.0 Å². The van der Waals surface area contributed by atoms with E-state index in [1.54, 1.807) is 30.3 Å². The molecule has 166 valence electrons. The highest BCUT2D eigenvalue weighted by Gasteiger charge is 2.11. The van der Waals surface area contributed by atoms with Crippen molar-refractivity contribution in [1.82, 2.24) is 9.78 Å². The molecule has 0 saturated heterocycles. The van der Waals surface area contributed by atoms with Gasteiger partial charge in [0.05, 0.1) is 18.5 Å². The fraction of sp³-hybridized carbons (Fsp3) is 0.0769. The van der Waals surface area contributed by atoms with E-state index in [2.05, 4.69) is 4.72 Å². The van der Waals surface area contributed by atoms with E-state index in [9.17, 15) is 13.2 Å². The van der Waals surface area contributed by atoms with Crippen molar-refractivity contribution >= 4 is 27.6 Å². The van der Waals surface area contributed by atoms with E-state index in [4.69, 9.17) is 5.10 Å². The number of ketones is 1. The van der Waals surface area contributed by atoms with Crippen molar-refractivity contribution in [1.29, 1.82) is 0 Å². The molecule has 0 aliphatic heterocycles. The van der Waals surface area contributed by atoms with Crippen LogP contribution < -0.4 is 4.72 Å². The lowest BCUT2D eigenvalue weighted by molar-refractivity contribution is 0.104. The van der Waals surface area contributed by atoms with Gasteiger partial charge in [-0.2, -0.15) is 5.10 Å². The average Bonchev–Trinajstić information content (AvgIpc) is 3.20. The first-order valence-electron chi connectivity index (χ1n) is 10.3. The minimum atomic E-state index is -3.37. The number of benzene rings is 3. The summed E-state index contributed by atoms with van der Waals surface area (Å²) in [5, 5.41) is 4.76. The molecule has 0 saturated carbocycles. The molecular formula is C26H23N3O3S. The fourth-order valence-electron chi connectivity index (χ4n) is 3.41. The molecule has 33 heavy (non-hydrogen) atoms. The molecular weight excluding hydrogens is 434 g/mol. The zero-order chi connectivity index (χ0) is 23.3. The van der Waals surface area contributed by atoms with Crippen LogP contribution in [0.2, 0.25) is 0 Å². The monoisotopic (exact) mass is 457 g/mol. The standard InChI is InChI=1S/C26H23N3O3S/c1-33(31,32)28-24-15-12-21(13-16-24)25(30)17-14-23-19-29(18-20-8-4-2-5-9-20)27-26(23)22-10-6-3-7-11-22/h2-17,19,28H,18H2,1H3. The highest BCUT2D eigenvalue weighted by molar-refractivity contribution is 7.92. The Morgan fingerprint density at radius 2 is 1.58 bits per heavy atom. The van der Waals surface area contributed by atoms with Crippen molar-refractivity contribution in [3.8, 4) is 11.3 Å². The van der Waals surface area contributed by atoms with E-state index < -0.39 is 10.0 Å². The van der Waals surface area contributed by atoms with Gasteiger partial charge in [-0.3, -0.25) is 14.2 Å². The smallest absolute Gasteiger partial charge is 0.229 e. The van der Waals surface area contributed by atoms with Gasteiger partial charge in [0.15, 0.2) is 5.78 Å². The van der Waals surface area contributed by atoms with Gasteiger partial charge in [-0.1, -0.05) is 60.7 Å². The Morgan fingerprint density at radius 3 is 2.21 bits per heavy atom. The first kappa shape index (κ1) is 22.2. The van der Waals surface area contributed by atoms with Crippen LogP contribution in [0, 0.1) is 0 Å². The second-order valence-electron chi connectivity index (χ2n) is 7.63. The largest absolute Gasteiger partial charge is 0.289 e. The fourth-order valence-corrected chi connectivity index (χ4v) is 3.97. The number of nitrogens with one attached hydrogen (secondary N) is 1. The molecule has 0 radical (unpaired) electrons. The molecule has 6 nitrogen and oxygen atoms in total. The Balaban J connectivity index is 1.58. The van der Waals surface area contributed by atoms with E-state index >= 15 is 0 Å². The lowest BCUT2D eigenvalue weighted by Gasteiger charge is -2.04. The summed E-state index contributed by atoms with van der Waals surface area (Å²) in [4.78, 5) is 12.7. The number of sulfonamides is 1. The molecule has 4 rings (SSSR count).